The molecular formula is C29H27FN4O3. The van der Waals surface area contributed by atoms with Crippen molar-refractivity contribution in [3.8, 4) is 34.0 Å². The summed E-state index contributed by atoms with van der Waals surface area (Å²) >= 11 is 0. The van der Waals surface area contributed by atoms with Crippen LogP contribution in [0, 0.1) is 12.7 Å². The van der Waals surface area contributed by atoms with E-state index in [1.165, 1.54) is 0 Å². The van der Waals surface area contributed by atoms with E-state index in [1.807, 2.05) is 48.7 Å². The molecule has 3 heterocycles. The van der Waals surface area contributed by atoms with Crippen LogP contribution in [0.4, 0.5) is 4.39 Å². The molecule has 6 rings (SSSR count). The van der Waals surface area contributed by atoms with Crippen molar-refractivity contribution in [2.45, 2.75) is 26.0 Å². The molecule has 5 aromatic rings. The van der Waals surface area contributed by atoms with Crippen molar-refractivity contribution in [1.29, 1.82) is 0 Å². The van der Waals surface area contributed by atoms with Gasteiger partial charge >= 0.3 is 0 Å². The first-order valence-electron chi connectivity index (χ1n) is 12.1. The second-order valence-electron chi connectivity index (χ2n) is 9.62. The molecule has 1 aliphatic heterocycles. The minimum atomic E-state index is -0.468. The Bertz CT molecular complexity index is 1570. The number of hydrogen-bond acceptors (Lipinski definition) is 5. The van der Waals surface area contributed by atoms with Crippen molar-refractivity contribution in [1.82, 2.24) is 19.7 Å². The summed E-state index contributed by atoms with van der Waals surface area (Å²) in [6.45, 7) is 5.14. The maximum absolute atomic E-state index is 16.3. The summed E-state index contributed by atoms with van der Waals surface area (Å²) in [6.07, 6.45) is 3.62. The number of imidazole rings is 1. The van der Waals surface area contributed by atoms with E-state index in [2.05, 4.69) is 27.8 Å². The summed E-state index contributed by atoms with van der Waals surface area (Å²) in [5, 5.41) is 6.93. The molecule has 7 nitrogen and oxygen atoms in total. The van der Waals surface area contributed by atoms with E-state index in [9.17, 15) is 0 Å². The lowest BCUT2D eigenvalue weighted by molar-refractivity contribution is -0.0868. The number of methoxy groups -OCH3 is 1. The van der Waals surface area contributed by atoms with Crippen LogP contribution in [0.3, 0.4) is 0 Å². The van der Waals surface area contributed by atoms with Crippen molar-refractivity contribution < 1.29 is 18.6 Å². The molecule has 1 N–H and O–H groups in total. The minimum Gasteiger partial charge on any atom is -0.496 e. The molecule has 0 saturated carbocycles. The summed E-state index contributed by atoms with van der Waals surface area (Å²) < 4.78 is 35.7. The number of nitrogens with zero attached hydrogens (tertiary/aromatic N) is 3. The molecular weight excluding hydrogens is 471 g/mol. The average molecular weight is 499 g/mol. The maximum Gasteiger partial charge on any atom is 0.176 e. The van der Waals surface area contributed by atoms with E-state index in [1.54, 1.807) is 26.3 Å². The number of hydrogen-bond donors (Lipinski definition) is 1. The van der Waals surface area contributed by atoms with Crippen LogP contribution in [-0.2, 0) is 16.9 Å². The first-order chi connectivity index (χ1) is 18.0. The first-order valence-corrected chi connectivity index (χ1v) is 12.1. The number of aromatic nitrogens is 4. The number of ether oxygens (including phenoxy) is 3. The Kier molecular flexibility index (Phi) is 5.68. The fourth-order valence-corrected chi connectivity index (χ4v) is 4.89. The van der Waals surface area contributed by atoms with Crippen molar-refractivity contribution in [2.75, 3.05) is 20.3 Å². The molecule has 0 spiro atoms. The summed E-state index contributed by atoms with van der Waals surface area (Å²) in [4.78, 5) is 4.91. The zero-order chi connectivity index (χ0) is 25.6. The van der Waals surface area contributed by atoms with E-state index < -0.39 is 5.82 Å². The number of H-pyrrole nitrogens is 1. The third-order valence-electron chi connectivity index (χ3n) is 6.96. The third kappa shape index (κ3) is 3.94. The highest BCUT2D eigenvalue weighted by Gasteiger charge is 2.39. The summed E-state index contributed by atoms with van der Waals surface area (Å²) in [6, 6.07) is 17.4. The van der Waals surface area contributed by atoms with E-state index in [0.29, 0.717) is 35.9 Å². The van der Waals surface area contributed by atoms with E-state index in [-0.39, 0.29) is 17.9 Å². The van der Waals surface area contributed by atoms with Crippen LogP contribution in [0.25, 0.3) is 33.5 Å². The second-order valence-corrected chi connectivity index (χ2v) is 9.62. The molecule has 1 fully saturated rings. The van der Waals surface area contributed by atoms with Gasteiger partial charge in [0.15, 0.2) is 11.6 Å². The van der Waals surface area contributed by atoms with Gasteiger partial charge in [0, 0.05) is 17.3 Å². The van der Waals surface area contributed by atoms with Crippen molar-refractivity contribution in [3.05, 3.63) is 83.9 Å². The van der Waals surface area contributed by atoms with Gasteiger partial charge < -0.3 is 18.8 Å². The Hall–Kier alpha value is -4.17. The number of halogens is 1. The Balaban J connectivity index is 1.53. The van der Waals surface area contributed by atoms with Gasteiger partial charge in [0.05, 0.1) is 48.7 Å². The molecule has 0 aliphatic carbocycles. The molecule has 0 radical (unpaired) electrons. The van der Waals surface area contributed by atoms with Gasteiger partial charge in [0.1, 0.15) is 18.2 Å². The highest BCUT2D eigenvalue weighted by atomic mass is 19.1. The number of benzene rings is 3. The van der Waals surface area contributed by atoms with E-state index >= 15 is 4.39 Å². The molecule has 0 unspecified atom stereocenters. The van der Waals surface area contributed by atoms with Gasteiger partial charge in [0.2, 0.25) is 0 Å². The van der Waals surface area contributed by atoms with Gasteiger partial charge in [-0.3, -0.25) is 5.10 Å². The fourth-order valence-electron chi connectivity index (χ4n) is 4.89. The number of rotatable bonds is 7. The lowest BCUT2D eigenvalue weighted by Crippen LogP contribution is -2.49. The van der Waals surface area contributed by atoms with Crippen LogP contribution >= 0.6 is 0 Å². The molecule has 8 heteroatoms. The smallest absolute Gasteiger partial charge is 0.176 e. The van der Waals surface area contributed by atoms with E-state index in [0.717, 1.165) is 27.7 Å². The first kappa shape index (κ1) is 23.2. The van der Waals surface area contributed by atoms with Gasteiger partial charge in [-0.25, -0.2) is 9.37 Å². The fraction of sp³-hybridized carbons (Fsp3) is 0.241. The van der Waals surface area contributed by atoms with Crippen molar-refractivity contribution in [3.63, 3.8) is 0 Å². The molecule has 0 bridgehead atoms. The highest BCUT2D eigenvalue weighted by Crippen LogP contribution is 2.42. The van der Waals surface area contributed by atoms with Crippen LogP contribution in [0.15, 0.2) is 67.0 Å². The Morgan fingerprint density at radius 3 is 2.59 bits per heavy atom. The Morgan fingerprint density at radius 1 is 1.11 bits per heavy atom. The maximum atomic E-state index is 16.3. The molecule has 1 saturated heterocycles. The summed E-state index contributed by atoms with van der Waals surface area (Å²) in [5.41, 5.74) is 5.10. The molecule has 188 valence electrons. The topological polar surface area (TPSA) is 74.2 Å². The van der Waals surface area contributed by atoms with Gasteiger partial charge in [-0.05, 0) is 43.2 Å². The molecule has 3 aromatic carbocycles. The van der Waals surface area contributed by atoms with Gasteiger partial charge in [-0.15, -0.1) is 0 Å². The predicted octanol–water partition coefficient (Wildman–Crippen LogP) is 5.87. The number of aromatic amines is 1. The molecule has 0 atom stereocenters. The van der Waals surface area contributed by atoms with Gasteiger partial charge in [-0.1, -0.05) is 36.4 Å². The third-order valence-corrected chi connectivity index (χ3v) is 6.96. The van der Waals surface area contributed by atoms with Crippen LogP contribution in [-0.4, -0.2) is 40.1 Å². The molecule has 37 heavy (non-hydrogen) atoms. The van der Waals surface area contributed by atoms with E-state index in [4.69, 9.17) is 19.2 Å². The minimum absolute atomic E-state index is 0.158. The predicted molar refractivity (Wildman–Crippen MR) is 139 cm³/mol. The monoisotopic (exact) mass is 498 g/mol. The molecule has 2 aromatic heterocycles. The normalized spacial score (nSPS) is 14.5. The Labute approximate surface area is 213 Å². The standard InChI is InChI=1S/C29H27FN4O3/c1-18-25(35-3)12-22(26(30)27(18)37-15-19-7-5-4-6-8-19)28-33-23-10-9-20(21-13-31-32-14-21)11-24(23)34(28)29(2)16-36-17-29/h4-14H,15-17H2,1-3H3,(H,31,32). The van der Waals surface area contributed by atoms with Crippen molar-refractivity contribution in [2.24, 2.45) is 0 Å². The number of nitrogens with one attached hydrogen (secondary N) is 1. The van der Waals surface area contributed by atoms with Crippen LogP contribution < -0.4 is 9.47 Å². The summed E-state index contributed by atoms with van der Waals surface area (Å²) in [7, 11) is 1.58. The highest BCUT2D eigenvalue weighted by molar-refractivity contribution is 5.86. The molecule has 0 amide bonds. The largest absolute Gasteiger partial charge is 0.496 e. The van der Waals surface area contributed by atoms with Gasteiger partial charge in [0.25, 0.3) is 0 Å². The number of fused-ring (bicyclic) bond motifs is 1. The van der Waals surface area contributed by atoms with Crippen LogP contribution in [0.5, 0.6) is 11.5 Å². The molecule has 1 aliphatic rings. The average Bonchev–Trinajstić information content (AvgIpc) is 3.56. The Morgan fingerprint density at radius 2 is 1.92 bits per heavy atom. The second kappa shape index (κ2) is 9.05. The van der Waals surface area contributed by atoms with Crippen LogP contribution in [0.1, 0.15) is 18.1 Å². The summed E-state index contributed by atoms with van der Waals surface area (Å²) in [5.74, 6) is 0.730. The van der Waals surface area contributed by atoms with Gasteiger partial charge in [-0.2, -0.15) is 5.10 Å². The quantitative estimate of drug-likeness (QED) is 0.304. The van der Waals surface area contributed by atoms with Crippen LogP contribution in [0.2, 0.25) is 0 Å². The van der Waals surface area contributed by atoms with Crippen molar-refractivity contribution >= 4 is 11.0 Å². The SMILES string of the molecule is COc1cc(-c2nc3ccc(-c4cn[nH]c4)cc3n2C2(C)COC2)c(F)c(OCc2ccccc2)c1C. The zero-order valence-corrected chi connectivity index (χ0v) is 20.9. The lowest BCUT2D eigenvalue weighted by atomic mass is 9.98. The lowest BCUT2D eigenvalue weighted by Gasteiger charge is -2.41. The zero-order valence-electron chi connectivity index (χ0n) is 20.9.